The summed E-state index contributed by atoms with van der Waals surface area (Å²) in [5, 5.41) is 10.0. The third kappa shape index (κ3) is 1.35. The lowest BCUT2D eigenvalue weighted by molar-refractivity contribution is -0.300. The molecule has 0 bridgehead atoms. The van der Waals surface area contributed by atoms with Crippen LogP contribution in [0.1, 0.15) is 25.7 Å². The Labute approximate surface area is 59.0 Å². The molecule has 1 aliphatic carbocycles. The number of carbonyl (C=O) groups is 2. The fourth-order valence-corrected chi connectivity index (χ4v) is 1.35. The Morgan fingerprint density at radius 1 is 1.20 bits per heavy atom. The van der Waals surface area contributed by atoms with E-state index in [4.69, 9.17) is 0 Å². The highest BCUT2D eigenvalue weighted by Crippen LogP contribution is 2.24. The second-order valence-corrected chi connectivity index (χ2v) is 2.63. The molecule has 0 aromatic rings. The summed E-state index contributed by atoms with van der Waals surface area (Å²) in [4.78, 5) is 20.7. The second-order valence-electron chi connectivity index (χ2n) is 2.63. The predicted molar refractivity (Wildman–Crippen MR) is 32.0 cm³/mol. The van der Waals surface area contributed by atoms with Crippen molar-refractivity contribution in [3.05, 3.63) is 0 Å². The Balaban J connectivity index is 2.48. The number of hydrogen-bond donors (Lipinski definition) is 0. The van der Waals surface area contributed by atoms with Gasteiger partial charge in [-0.05, 0) is 12.8 Å². The minimum Gasteiger partial charge on any atom is -0.542 e. The van der Waals surface area contributed by atoms with Crippen molar-refractivity contribution in [1.29, 1.82) is 0 Å². The summed E-state index contributed by atoms with van der Waals surface area (Å²) in [6.07, 6.45) is 3.41. The van der Waals surface area contributed by atoms with E-state index < -0.39 is 11.8 Å². The van der Waals surface area contributed by atoms with Gasteiger partial charge < -0.3 is 9.90 Å². The average molecular weight is 141 g/mol. The minimum absolute atomic E-state index is 0.245. The molecule has 3 heteroatoms. The van der Waals surface area contributed by atoms with Crippen molar-refractivity contribution in [3.63, 3.8) is 0 Å². The highest BCUT2D eigenvalue weighted by molar-refractivity contribution is 6.32. The Morgan fingerprint density at radius 2 is 1.70 bits per heavy atom. The summed E-state index contributed by atoms with van der Waals surface area (Å²) in [7, 11) is 0. The van der Waals surface area contributed by atoms with Crippen LogP contribution in [0.25, 0.3) is 0 Å². The van der Waals surface area contributed by atoms with E-state index in [2.05, 4.69) is 0 Å². The average Bonchev–Trinajstić information content (AvgIpc) is 2.36. The van der Waals surface area contributed by atoms with Crippen LogP contribution in [0.5, 0.6) is 0 Å². The maximum Gasteiger partial charge on any atom is 0.181 e. The van der Waals surface area contributed by atoms with Crippen LogP contribution in [0.2, 0.25) is 0 Å². The van der Waals surface area contributed by atoms with Gasteiger partial charge in [-0.1, -0.05) is 12.8 Å². The number of Topliss-reactive ketones (excluding diaryl/α,β-unsaturated/α-hetero) is 1. The van der Waals surface area contributed by atoms with Gasteiger partial charge in [0.2, 0.25) is 0 Å². The summed E-state index contributed by atoms with van der Waals surface area (Å²) in [6, 6.07) is 0. The number of carboxylic acids is 1. The van der Waals surface area contributed by atoms with Gasteiger partial charge in [0.15, 0.2) is 5.78 Å². The second kappa shape index (κ2) is 2.82. The maximum atomic E-state index is 10.7. The van der Waals surface area contributed by atoms with Crippen LogP contribution in [-0.4, -0.2) is 11.8 Å². The van der Waals surface area contributed by atoms with E-state index in [9.17, 15) is 14.7 Å². The summed E-state index contributed by atoms with van der Waals surface area (Å²) in [5.41, 5.74) is 0. The molecular weight excluding hydrogens is 132 g/mol. The van der Waals surface area contributed by atoms with Crippen LogP contribution in [0.15, 0.2) is 0 Å². The largest absolute Gasteiger partial charge is 0.542 e. The lowest BCUT2D eigenvalue weighted by Gasteiger charge is -2.06. The van der Waals surface area contributed by atoms with Crippen molar-refractivity contribution >= 4 is 11.8 Å². The molecule has 10 heavy (non-hydrogen) atoms. The van der Waals surface area contributed by atoms with Crippen molar-refractivity contribution < 1.29 is 14.7 Å². The predicted octanol–water partition coefficient (Wildman–Crippen LogP) is -0.504. The molecule has 0 aliphatic heterocycles. The lowest BCUT2D eigenvalue weighted by atomic mass is 10.0. The molecule has 3 nitrogen and oxygen atoms in total. The third-order valence-electron chi connectivity index (χ3n) is 1.93. The molecule has 0 aromatic carbocycles. The Bertz CT molecular complexity index is 156. The summed E-state index contributed by atoms with van der Waals surface area (Å²) < 4.78 is 0. The molecule has 0 N–H and O–H groups in total. The van der Waals surface area contributed by atoms with Crippen molar-refractivity contribution in [1.82, 2.24) is 0 Å². The minimum atomic E-state index is -1.52. The van der Waals surface area contributed by atoms with Gasteiger partial charge in [-0.15, -0.1) is 0 Å². The van der Waals surface area contributed by atoms with Crippen molar-refractivity contribution in [2.24, 2.45) is 5.92 Å². The fourth-order valence-electron chi connectivity index (χ4n) is 1.35. The van der Waals surface area contributed by atoms with Crippen LogP contribution in [0.3, 0.4) is 0 Å². The number of carbonyl (C=O) groups excluding carboxylic acids is 2. The molecule has 0 heterocycles. The summed E-state index contributed by atoms with van der Waals surface area (Å²) in [5.74, 6) is -2.48. The topological polar surface area (TPSA) is 57.2 Å². The molecule has 1 aliphatic rings. The molecule has 1 rings (SSSR count). The lowest BCUT2D eigenvalue weighted by Crippen LogP contribution is -2.35. The molecule has 0 unspecified atom stereocenters. The Kier molecular flexibility index (Phi) is 2.04. The van der Waals surface area contributed by atoms with E-state index in [-0.39, 0.29) is 5.92 Å². The SMILES string of the molecule is O=C([O-])C(=O)C1CCCC1. The van der Waals surface area contributed by atoms with Gasteiger partial charge in [0, 0.05) is 5.92 Å². The number of hydrogen-bond acceptors (Lipinski definition) is 3. The zero-order valence-corrected chi connectivity index (χ0v) is 5.63. The number of aliphatic carboxylic acids is 1. The number of carboxylic acid groups (broad SMARTS) is 1. The van der Waals surface area contributed by atoms with E-state index in [1.54, 1.807) is 0 Å². The van der Waals surface area contributed by atoms with Gasteiger partial charge in [0.25, 0.3) is 0 Å². The van der Waals surface area contributed by atoms with Gasteiger partial charge in [0.1, 0.15) is 5.97 Å². The van der Waals surface area contributed by atoms with E-state index >= 15 is 0 Å². The van der Waals surface area contributed by atoms with Crippen molar-refractivity contribution in [2.75, 3.05) is 0 Å². The molecule has 56 valence electrons. The van der Waals surface area contributed by atoms with Crippen LogP contribution in [-0.2, 0) is 9.59 Å². The molecule has 0 saturated heterocycles. The van der Waals surface area contributed by atoms with Gasteiger partial charge in [-0.2, -0.15) is 0 Å². The van der Waals surface area contributed by atoms with Gasteiger partial charge in [0.05, 0.1) is 0 Å². The molecule has 0 radical (unpaired) electrons. The fraction of sp³-hybridized carbons (Fsp3) is 0.714. The first-order valence-corrected chi connectivity index (χ1v) is 3.47. The van der Waals surface area contributed by atoms with E-state index in [0.717, 1.165) is 25.7 Å². The molecule has 0 atom stereocenters. The normalized spacial score (nSPS) is 19.2. The maximum absolute atomic E-state index is 10.7. The first-order valence-electron chi connectivity index (χ1n) is 3.47. The molecule has 0 aromatic heterocycles. The molecular formula is C7H9O3-. The van der Waals surface area contributed by atoms with Gasteiger partial charge >= 0.3 is 0 Å². The monoisotopic (exact) mass is 141 g/mol. The summed E-state index contributed by atoms with van der Waals surface area (Å²) in [6.45, 7) is 0. The molecule has 1 fully saturated rings. The quantitative estimate of drug-likeness (QED) is 0.487. The van der Waals surface area contributed by atoms with Crippen molar-refractivity contribution in [2.45, 2.75) is 25.7 Å². The van der Waals surface area contributed by atoms with Crippen LogP contribution >= 0.6 is 0 Å². The molecule has 0 amide bonds. The molecule has 1 saturated carbocycles. The van der Waals surface area contributed by atoms with Crippen LogP contribution in [0.4, 0.5) is 0 Å². The standard InChI is InChI=1S/C7H10O3/c8-6(7(9)10)5-3-1-2-4-5/h5H,1-4H2,(H,9,10)/p-1. The Hall–Kier alpha value is -0.860. The third-order valence-corrected chi connectivity index (χ3v) is 1.93. The number of rotatable bonds is 2. The first-order chi connectivity index (χ1) is 4.72. The highest BCUT2D eigenvalue weighted by Gasteiger charge is 2.22. The zero-order valence-electron chi connectivity index (χ0n) is 5.63. The van der Waals surface area contributed by atoms with Crippen LogP contribution < -0.4 is 5.11 Å². The van der Waals surface area contributed by atoms with E-state index in [0.29, 0.717) is 0 Å². The highest BCUT2D eigenvalue weighted by atomic mass is 16.4. The summed E-state index contributed by atoms with van der Waals surface area (Å²) >= 11 is 0. The smallest absolute Gasteiger partial charge is 0.181 e. The number of ketones is 1. The zero-order chi connectivity index (χ0) is 7.56. The van der Waals surface area contributed by atoms with Crippen LogP contribution in [0, 0.1) is 5.92 Å². The van der Waals surface area contributed by atoms with E-state index in [1.807, 2.05) is 0 Å². The van der Waals surface area contributed by atoms with Gasteiger partial charge in [-0.25, -0.2) is 0 Å². The van der Waals surface area contributed by atoms with Crippen molar-refractivity contribution in [3.8, 4) is 0 Å². The first kappa shape index (κ1) is 7.25. The Morgan fingerprint density at radius 3 is 2.10 bits per heavy atom. The molecule has 0 spiro atoms. The van der Waals surface area contributed by atoms with Gasteiger partial charge in [-0.3, -0.25) is 4.79 Å². The van der Waals surface area contributed by atoms with E-state index in [1.165, 1.54) is 0 Å².